The Balaban J connectivity index is 2.17. The van der Waals surface area contributed by atoms with E-state index in [1.54, 1.807) is 0 Å². The summed E-state index contributed by atoms with van der Waals surface area (Å²) in [7, 11) is 0. The molecule has 1 rings (SSSR count). The highest BCUT2D eigenvalue weighted by atomic mass is 16.2. The summed E-state index contributed by atoms with van der Waals surface area (Å²) in [6, 6.07) is 0.347. The van der Waals surface area contributed by atoms with Gasteiger partial charge in [0.05, 0.1) is 6.04 Å². The van der Waals surface area contributed by atoms with Gasteiger partial charge in [0.15, 0.2) is 0 Å². The third kappa shape index (κ3) is 5.85. The molecule has 1 aliphatic heterocycles. The van der Waals surface area contributed by atoms with E-state index in [-0.39, 0.29) is 11.9 Å². The van der Waals surface area contributed by atoms with E-state index in [1.165, 1.54) is 32.1 Å². The summed E-state index contributed by atoms with van der Waals surface area (Å²) in [5.74, 6) is 0.867. The molecule has 0 aliphatic carbocycles. The first-order chi connectivity index (χ1) is 8.63. The second-order valence-electron chi connectivity index (χ2n) is 5.90. The van der Waals surface area contributed by atoms with Crippen molar-refractivity contribution in [1.29, 1.82) is 0 Å². The summed E-state index contributed by atoms with van der Waals surface area (Å²) >= 11 is 0. The first-order valence-electron chi connectivity index (χ1n) is 7.67. The first kappa shape index (κ1) is 15.5. The van der Waals surface area contributed by atoms with Gasteiger partial charge in [0.25, 0.3) is 0 Å². The minimum Gasteiger partial charge on any atom is -0.352 e. The van der Waals surface area contributed by atoms with Gasteiger partial charge in [-0.2, -0.15) is 0 Å². The minimum absolute atomic E-state index is 0.0341. The number of rotatable bonds is 7. The van der Waals surface area contributed by atoms with Crippen LogP contribution in [0.5, 0.6) is 0 Å². The van der Waals surface area contributed by atoms with Crippen LogP contribution in [0.2, 0.25) is 0 Å². The molecule has 3 nitrogen and oxygen atoms in total. The standard InChI is InChI=1S/C15H30N2O/c1-4-5-6-7-8-13(3)17-15(18)14-11-12(2)9-10-16-14/h12-14,16H,4-11H2,1-3H3,(H,17,18). The molecule has 0 saturated carbocycles. The molecule has 3 heteroatoms. The number of unbranched alkanes of at least 4 members (excludes halogenated alkanes) is 3. The highest BCUT2D eigenvalue weighted by molar-refractivity contribution is 5.82. The van der Waals surface area contributed by atoms with Gasteiger partial charge in [0.2, 0.25) is 5.91 Å². The normalized spacial score (nSPS) is 25.7. The molecule has 0 bridgehead atoms. The van der Waals surface area contributed by atoms with Crippen LogP contribution in [0.1, 0.15) is 65.7 Å². The predicted molar refractivity (Wildman–Crippen MR) is 76.6 cm³/mol. The van der Waals surface area contributed by atoms with E-state index >= 15 is 0 Å². The number of carbonyl (C=O) groups excluding carboxylic acids is 1. The van der Waals surface area contributed by atoms with Crippen LogP contribution in [0.25, 0.3) is 0 Å². The second kappa shape index (κ2) is 8.52. The van der Waals surface area contributed by atoms with Gasteiger partial charge in [-0.1, -0.05) is 39.5 Å². The van der Waals surface area contributed by atoms with Gasteiger partial charge in [-0.05, 0) is 38.6 Å². The van der Waals surface area contributed by atoms with E-state index in [9.17, 15) is 4.79 Å². The number of nitrogens with one attached hydrogen (secondary N) is 2. The largest absolute Gasteiger partial charge is 0.352 e. The Hall–Kier alpha value is -0.570. The van der Waals surface area contributed by atoms with E-state index in [0.717, 1.165) is 19.4 Å². The van der Waals surface area contributed by atoms with Crippen molar-refractivity contribution in [3.8, 4) is 0 Å². The zero-order chi connectivity index (χ0) is 13.4. The van der Waals surface area contributed by atoms with Crippen molar-refractivity contribution in [3.05, 3.63) is 0 Å². The molecule has 3 unspecified atom stereocenters. The Morgan fingerprint density at radius 1 is 1.39 bits per heavy atom. The lowest BCUT2D eigenvalue weighted by Gasteiger charge is -2.28. The molecule has 0 radical (unpaired) electrons. The lowest BCUT2D eigenvalue weighted by atomic mass is 9.93. The van der Waals surface area contributed by atoms with Crippen molar-refractivity contribution in [3.63, 3.8) is 0 Å². The van der Waals surface area contributed by atoms with E-state index < -0.39 is 0 Å². The second-order valence-corrected chi connectivity index (χ2v) is 5.90. The molecule has 0 aromatic heterocycles. The van der Waals surface area contributed by atoms with E-state index in [2.05, 4.69) is 31.4 Å². The SMILES string of the molecule is CCCCCCC(C)NC(=O)C1CC(C)CCN1. The molecule has 1 heterocycles. The average molecular weight is 254 g/mol. The van der Waals surface area contributed by atoms with Crippen molar-refractivity contribution in [2.24, 2.45) is 5.92 Å². The molecule has 1 amide bonds. The summed E-state index contributed by atoms with van der Waals surface area (Å²) in [6.45, 7) is 7.55. The van der Waals surface area contributed by atoms with Crippen LogP contribution in [-0.4, -0.2) is 24.5 Å². The fourth-order valence-corrected chi connectivity index (χ4v) is 2.60. The van der Waals surface area contributed by atoms with Crippen LogP contribution in [0.15, 0.2) is 0 Å². The maximum Gasteiger partial charge on any atom is 0.237 e. The van der Waals surface area contributed by atoms with Gasteiger partial charge in [0, 0.05) is 6.04 Å². The van der Waals surface area contributed by atoms with E-state index in [4.69, 9.17) is 0 Å². The molecule has 1 fully saturated rings. The molecule has 1 saturated heterocycles. The summed E-state index contributed by atoms with van der Waals surface area (Å²) < 4.78 is 0. The van der Waals surface area contributed by atoms with Crippen LogP contribution in [0.4, 0.5) is 0 Å². The van der Waals surface area contributed by atoms with Crippen molar-refractivity contribution >= 4 is 5.91 Å². The summed E-state index contributed by atoms with van der Waals surface area (Å²) in [6.07, 6.45) is 8.37. The molecule has 0 aromatic rings. The average Bonchev–Trinajstić information content (AvgIpc) is 2.34. The predicted octanol–water partition coefficient (Wildman–Crippen LogP) is 2.85. The highest BCUT2D eigenvalue weighted by Crippen LogP contribution is 2.15. The molecule has 18 heavy (non-hydrogen) atoms. The molecule has 106 valence electrons. The van der Waals surface area contributed by atoms with Crippen molar-refractivity contribution < 1.29 is 4.79 Å². The van der Waals surface area contributed by atoms with Crippen LogP contribution < -0.4 is 10.6 Å². The maximum atomic E-state index is 12.1. The first-order valence-corrected chi connectivity index (χ1v) is 7.67. The maximum absolute atomic E-state index is 12.1. The smallest absolute Gasteiger partial charge is 0.237 e. The fraction of sp³-hybridized carbons (Fsp3) is 0.933. The minimum atomic E-state index is 0.0341. The monoisotopic (exact) mass is 254 g/mol. The zero-order valence-electron chi connectivity index (χ0n) is 12.3. The molecule has 2 N–H and O–H groups in total. The van der Waals surface area contributed by atoms with Crippen LogP contribution >= 0.6 is 0 Å². The lowest BCUT2D eigenvalue weighted by Crippen LogP contribution is -2.50. The third-order valence-electron chi connectivity index (χ3n) is 3.86. The number of piperidine rings is 1. The number of amides is 1. The van der Waals surface area contributed by atoms with E-state index in [1.807, 2.05) is 0 Å². The summed E-state index contributed by atoms with van der Waals surface area (Å²) in [5.41, 5.74) is 0. The summed E-state index contributed by atoms with van der Waals surface area (Å²) in [5, 5.41) is 6.46. The topological polar surface area (TPSA) is 41.1 Å². The van der Waals surface area contributed by atoms with Gasteiger partial charge in [-0.15, -0.1) is 0 Å². The van der Waals surface area contributed by atoms with Crippen molar-refractivity contribution in [2.75, 3.05) is 6.54 Å². The lowest BCUT2D eigenvalue weighted by molar-refractivity contribution is -0.124. The van der Waals surface area contributed by atoms with Crippen molar-refractivity contribution in [2.45, 2.75) is 77.8 Å². The fourth-order valence-electron chi connectivity index (χ4n) is 2.60. The van der Waals surface area contributed by atoms with E-state index in [0.29, 0.717) is 12.0 Å². The third-order valence-corrected chi connectivity index (χ3v) is 3.86. The van der Waals surface area contributed by atoms with Crippen LogP contribution in [-0.2, 0) is 4.79 Å². The summed E-state index contributed by atoms with van der Waals surface area (Å²) in [4.78, 5) is 12.1. The quantitative estimate of drug-likeness (QED) is 0.686. The molecule has 3 atom stereocenters. The Morgan fingerprint density at radius 3 is 2.83 bits per heavy atom. The van der Waals surface area contributed by atoms with Crippen molar-refractivity contribution in [1.82, 2.24) is 10.6 Å². The molecule has 0 aromatic carbocycles. The van der Waals surface area contributed by atoms with Gasteiger partial charge < -0.3 is 10.6 Å². The van der Waals surface area contributed by atoms with Gasteiger partial charge in [-0.3, -0.25) is 4.79 Å². The Bertz CT molecular complexity index is 243. The number of carbonyl (C=O) groups is 1. The Labute approximate surface area is 112 Å². The number of hydrogen-bond acceptors (Lipinski definition) is 2. The molecule has 0 spiro atoms. The zero-order valence-corrected chi connectivity index (χ0v) is 12.3. The Kier molecular flexibility index (Phi) is 7.33. The van der Waals surface area contributed by atoms with Crippen LogP contribution in [0, 0.1) is 5.92 Å². The highest BCUT2D eigenvalue weighted by Gasteiger charge is 2.24. The van der Waals surface area contributed by atoms with Gasteiger partial charge >= 0.3 is 0 Å². The Morgan fingerprint density at radius 2 is 2.17 bits per heavy atom. The molecule has 1 aliphatic rings. The van der Waals surface area contributed by atoms with Gasteiger partial charge in [-0.25, -0.2) is 0 Å². The van der Waals surface area contributed by atoms with Gasteiger partial charge in [0.1, 0.15) is 0 Å². The molecular formula is C15H30N2O. The number of hydrogen-bond donors (Lipinski definition) is 2. The van der Waals surface area contributed by atoms with Crippen LogP contribution in [0.3, 0.4) is 0 Å². The molecular weight excluding hydrogens is 224 g/mol.